The summed E-state index contributed by atoms with van der Waals surface area (Å²) in [6, 6.07) is 6.28. The predicted octanol–water partition coefficient (Wildman–Crippen LogP) is 3.08. The van der Waals surface area contributed by atoms with Gasteiger partial charge in [-0.2, -0.15) is 5.26 Å². The molecule has 0 fully saturated rings. The fourth-order valence-electron chi connectivity index (χ4n) is 1.09. The van der Waals surface area contributed by atoms with Gasteiger partial charge >= 0.3 is 0 Å². The zero-order valence-electron chi connectivity index (χ0n) is 8.84. The molecule has 3 heteroatoms. The highest BCUT2D eigenvalue weighted by atomic mass is 19.1. The fraction of sp³-hybridized carbons (Fsp3) is 0.250. The lowest BCUT2D eigenvalue weighted by atomic mass is 10.2. The topological polar surface area (TPSA) is 35.8 Å². The van der Waals surface area contributed by atoms with Crippen LogP contribution in [-0.4, -0.2) is 6.54 Å². The molecule has 1 aromatic carbocycles. The number of anilines is 1. The smallest absolute Gasteiger partial charge is 0.147 e. The Labute approximate surface area is 89.0 Å². The lowest BCUT2D eigenvalue weighted by molar-refractivity contribution is 0.630. The molecule has 0 bridgehead atoms. The van der Waals surface area contributed by atoms with E-state index in [0.29, 0.717) is 17.8 Å². The average molecular weight is 204 g/mol. The SMILES string of the molecule is CC(C)=CCNc1ccc(C#N)cc1F. The second-order valence-corrected chi connectivity index (χ2v) is 3.47. The van der Waals surface area contributed by atoms with Gasteiger partial charge in [0.05, 0.1) is 17.3 Å². The van der Waals surface area contributed by atoms with Crippen LogP contribution in [0.1, 0.15) is 19.4 Å². The molecule has 2 nitrogen and oxygen atoms in total. The molecular formula is C12H13FN2. The Bertz CT molecular complexity index is 412. The predicted molar refractivity (Wildman–Crippen MR) is 59.0 cm³/mol. The van der Waals surface area contributed by atoms with E-state index in [0.717, 1.165) is 0 Å². The molecule has 0 aliphatic rings. The van der Waals surface area contributed by atoms with Crippen LogP contribution in [0.25, 0.3) is 0 Å². The molecule has 1 rings (SSSR count). The molecule has 1 N–H and O–H groups in total. The maximum atomic E-state index is 13.3. The number of halogens is 1. The van der Waals surface area contributed by atoms with Gasteiger partial charge in [0.1, 0.15) is 5.82 Å². The van der Waals surface area contributed by atoms with Gasteiger partial charge in [-0.05, 0) is 32.0 Å². The van der Waals surface area contributed by atoms with Crippen molar-refractivity contribution in [2.24, 2.45) is 0 Å². The van der Waals surface area contributed by atoms with Crippen molar-refractivity contribution in [1.29, 1.82) is 5.26 Å². The number of hydrogen-bond acceptors (Lipinski definition) is 2. The van der Waals surface area contributed by atoms with Gasteiger partial charge in [-0.25, -0.2) is 4.39 Å². The van der Waals surface area contributed by atoms with Gasteiger partial charge in [0, 0.05) is 6.54 Å². The summed E-state index contributed by atoms with van der Waals surface area (Å²) in [5.74, 6) is -0.392. The monoisotopic (exact) mass is 204 g/mol. The van der Waals surface area contributed by atoms with E-state index in [2.05, 4.69) is 5.32 Å². The third kappa shape index (κ3) is 3.43. The van der Waals surface area contributed by atoms with Gasteiger partial charge in [-0.15, -0.1) is 0 Å². The Morgan fingerprint density at radius 1 is 1.53 bits per heavy atom. The molecule has 78 valence electrons. The summed E-state index contributed by atoms with van der Waals surface area (Å²) in [6.45, 7) is 4.55. The van der Waals surface area contributed by atoms with Gasteiger partial charge in [0.2, 0.25) is 0 Å². The Kier molecular flexibility index (Phi) is 3.87. The summed E-state index contributed by atoms with van der Waals surface area (Å²) in [5.41, 5.74) is 1.93. The Hall–Kier alpha value is -1.82. The Balaban J connectivity index is 2.71. The number of nitrogens with one attached hydrogen (secondary N) is 1. The van der Waals surface area contributed by atoms with Crippen molar-refractivity contribution in [3.63, 3.8) is 0 Å². The second kappa shape index (κ2) is 5.16. The van der Waals surface area contributed by atoms with Crippen LogP contribution in [0, 0.1) is 17.1 Å². The van der Waals surface area contributed by atoms with Crippen LogP contribution in [0.4, 0.5) is 10.1 Å². The molecule has 0 radical (unpaired) electrons. The standard InChI is InChI=1S/C12H13FN2/c1-9(2)5-6-15-12-4-3-10(8-14)7-11(12)13/h3-5,7,15H,6H2,1-2H3. The van der Waals surface area contributed by atoms with Crippen molar-refractivity contribution in [3.8, 4) is 6.07 Å². The molecule has 0 unspecified atom stereocenters. The molecule has 0 saturated heterocycles. The van der Waals surface area contributed by atoms with Gasteiger partial charge in [-0.3, -0.25) is 0 Å². The maximum Gasteiger partial charge on any atom is 0.147 e. The highest BCUT2D eigenvalue weighted by Crippen LogP contribution is 2.14. The van der Waals surface area contributed by atoms with Crippen LogP contribution in [0.15, 0.2) is 29.8 Å². The number of hydrogen-bond donors (Lipinski definition) is 1. The van der Waals surface area contributed by atoms with E-state index in [4.69, 9.17) is 5.26 Å². The maximum absolute atomic E-state index is 13.3. The minimum Gasteiger partial charge on any atom is -0.379 e. The van der Waals surface area contributed by atoms with Crippen LogP contribution < -0.4 is 5.32 Å². The third-order valence-corrected chi connectivity index (χ3v) is 1.90. The molecule has 0 spiro atoms. The van der Waals surface area contributed by atoms with Crippen LogP contribution in [0.3, 0.4) is 0 Å². The summed E-state index contributed by atoms with van der Waals surface area (Å²) in [6.07, 6.45) is 1.97. The molecular weight excluding hydrogens is 191 g/mol. The van der Waals surface area contributed by atoms with Gasteiger partial charge < -0.3 is 5.32 Å². The number of allylic oxidation sites excluding steroid dienone is 1. The van der Waals surface area contributed by atoms with E-state index < -0.39 is 5.82 Å². The van der Waals surface area contributed by atoms with Gasteiger partial charge in [0.15, 0.2) is 0 Å². The van der Waals surface area contributed by atoms with Crippen molar-refractivity contribution >= 4 is 5.69 Å². The number of benzene rings is 1. The summed E-state index contributed by atoms with van der Waals surface area (Å²) < 4.78 is 13.3. The lowest BCUT2D eigenvalue weighted by Crippen LogP contribution is -2.01. The zero-order valence-corrected chi connectivity index (χ0v) is 8.84. The summed E-state index contributed by atoms with van der Waals surface area (Å²) in [5, 5.41) is 11.5. The van der Waals surface area contributed by atoms with E-state index in [-0.39, 0.29) is 0 Å². The van der Waals surface area contributed by atoms with Crippen molar-refractivity contribution < 1.29 is 4.39 Å². The van der Waals surface area contributed by atoms with Gasteiger partial charge in [0.25, 0.3) is 0 Å². The van der Waals surface area contributed by atoms with E-state index in [1.165, 1.54) is 11.6 Å². The highest BCUT2D eigenvalue weighted by Gasteiger charge is 2.01. The fourth-order valence-corrected chi connectivity index (χ4v) is 1.09. The molecule has 0 aliphatic carbocycles. The second-order valence-electron chi connectivity index (χ2n) is 3.47. The number of nitriles is 1. The first-order valence-electron chi connectivity index (χ1n) is 4.70. The zero-order chi connectivity index (χ0) is 11.3. The first kappa shape index (κ1) is 11.3. The molecule has 15 heavy (non-hydrogen) atoms. The minimum absolute atomic E-state index is 0.334. The Morgan fingerprint density at radius 3 is 2.80 bits per heavy atom. The lowest BCUT2D eigenvalue weighted by Gasteiger charge is -2.05. The van der Waals surface area contributed by atoms with Crippen LogP contribution in [-0.2, 0) is 0 Å². The van der Waals surface area contributed by atoms with Crippen molar-refractivity contribution in [1.82, 2.24) is 0 Å². The van der Waals surface area contributed by atoms with Crippen LogP contribution >= 0.6 is 0 Å². The van der Waals surface area contributed by atoms with E-state index in [9.17, 15) is 4.39 Å². The van der Waals surface area contributed by atoms with E-state index in [1.54, 1.807) is 12.1 Å². The molecule has 0 aromatic heterocycles. The summed E-state index contributed by atoms with van der Waals surface area (Å²) >= 11 is 0. The van der Waals surface area contributed by atoms with Crippen molar-refractivity contribution in [3.05, 3.63) is 41.2 Å². The quantitative estimate of drug-likeness (QED) is 0.768. The molecule has 0 aliphatic heterocycles. The minimum atomic E-state index is -0.392. The molecule has 1 aromatic rings. The Morgan fingerprint density at radius 2 is 2.27 bits per heavy atom. The van der Waals surface area contributed by atoms with E-state index in [1.807, 2.05) is 26.0 Å². The third-order valence-electron chi connectivity index (χ3n) is 1.90. The largest absolute Gasteiger partial charge is 0.379 e. The first-order valence-corrected chi connectivity index (χ1v) is 4.70. The van der Waals surface area contributed by atoms with Crippen molar-refractivity contribution in [2.75, 3.05) is 11.9 Å². The summed E-state index contributed by atoms with van der Waals surface area (Å²) in [7, 11) is 0. The van der Waals surface area contributed by atoms with Crippen LogP contribution in [0.5, 0.6) is 0 Å². The summed E-state index contributed by atoms with van der Waals surface area (Å²) in [4.78, 5) is 0. The number of nitrogens with zero attached hydrogens (tertiary/aromatic N) is 1. The molecule has 0 saturated carbocycles. The first-order chi connectivity index (χ1) is 7.13. The molecule has 0 atom stereocenters. The van der Waals surface area contributed by atoms with Crippen molar-refractivity contribution in [2.45, 2.75) is 13.8 Å². The van der Waals surface area contributed by atoms with Crippen LogP contribution in [0.2, 0.25) is 0 Å². The van der Waals surface area contributed by atoms with E-state index >= 15 is 0 Å². The molecule has 0 heterocycles. The van der Waals surface area contributed by atoms with Gasteiger partial charge in [-0.1, -0.05) is 11.6 Å². The average Bonchev–Trinajstić information content (AvgIpc) is 2.20. The highest BCUT2D eigenvalue weighted by molar-refractivity contribution is 5.49. The molecule has 0 amide bonds. The normalized spacial score (nSPS) is 9.20. The number of rotatable bonds is 3.